The fourth-order valence-corrected chi connectivity index (χ4v) is 2.70. The number of carbonyl (C=O) groups is 1. The molecule has 0 aromatic heterocycles. The van der Waals surface area contributed by atoms with Gasteiger partial charge < -0.3 is 9.47 Å². The Morgan fingerprint density at radius 1 is 1.00 bits per heavy atom. The van der Waals surface area contributed by atoms with E-state index in [0.29, 0.717) is 5.56 Å². The first-order chi connectivity index (χ1) is 11.3. The quantitative estimate of drug-likeness (QED) is 0.593. The molecule has 2 aromatic rings. The molecule has 128 valence electrons. The molecule has 0 N–H and O–H groups in total. The van der Waals surface area contributed by atoms with E-state index < -0.39 is 15.8 Å². The number of hydrogen-bond acceptors (Lipinski definition) is 5. The number of rotatable bonds is 6. The Hall–Kier alpha value is -2.34. The minimum Gasteiger partial charge on any atom is -0.490 e. The fraction of sp³-hybridized carbons (Fsp3) is 0.278. The summed E-state index contributed by atoms with van der Waals surface area (Å²) >= 11 is 0. The van der Waals surface area contributed by atoms with E-state index in [1.807, 2.05) is 32.0 Å². The van der Waals surface area contributed by atoms with E-state index in [4.69, 9.17) is 9.47 Å². The van der Waals surface area contributed by atoms with Gasteiger partial charge in [-0.3, -0.25) is 0 Å². The van der Waals surface area contributed by atoms with Gasteiger partial charge in [-0.2, -0.15) is 0 Å². The number of benzene rings is 2. The summed E-state index contributed by atoms with van der Waals surface area (Å²) in [6, 6.07) is 11.6. The minimum atomic E-state index is -3.28. The zero-order valence-corrected chi connectivity index (χ0v) is 14.7. The summed E-state index contributed by atoms with van der Waals surface area (Å²) in [6.45, 7) is 4.29. The van der Waals surface area contributed by atoms with Crippen LogP contribution in [-0.4, -0.2) is 33.9 Å². The second kappa shape index (κ2) is 7.49. The Kier molecular flexibility index (Phi) is 5.62. The van der Waals surface area contributed by atoms with Gasteiger partial charge in [-0.15, -0.1) is 0 Å². The molecule has 0 bridgehead atoms. The molecule has 0 heterocycles. The van der Waals surface area contributed by atoms with Crippen LogP contribution in [0, 0.1) is 13.8 Å². The summed E-state index contributed by atoms with van der Waals surface area (Å²) in [5.74, 6) is 0.253. The molecule has 6 heteroatoms. The third kappa shape index (κ3) is 4.83. The van der Waals surface area contributed by atoms with Crippen molar-refractivity contribution in [3.63, 3.8) is 0 Å². The van der Waals surface area contributed by atoms with Gasteiger partial charge in [-0.25, -0.2) is 13.2 Å². The summed E-state index contributed by atoms with van der Waals surface area (Å²) in [4.78, 5) is 12.1. The Balaban J connectivity index is 1.86. The van der Waals surface area contributed by atoms with Gasteiger partial charge in [-0.05, 0) is 55.3 Å². The highest BCUT2D eigenvalue weighted by Gasteiger charge is 2.11. The van der Waals surface area contributed by atoms with Gasteiger partial charge in [0.25, 0.3) is 0 Å². The van der Waals surface area contributed by atoms with Gasteiger partial charge in [0.2, 0.25) is 0 Å². The van der Waals surface area contributed by atoms with Crippen LogP contribution in [0.5, 0.6) is 5.75 Å². The highest BCUT2D eigenvalue weighted by Crippen LogP contribution is 2.19. The van der Waals surface area contributed by atoms with Crippen molar-refractivity contribution in [3.8, 4) is 5.75 Å². The van der Waals surface area contributed by atoms with Crippen molar-refractivity contribution in [3.05, 3.63) is 59.2 Å². The van der Waals surface area contributed by atoms with E-state index in [1.54, 1.807) is 0 Å². The molecule has 0 atom stereocenters. The molecule has 0 saturated carbocycles. The lowest BCUT2D eigenvalue weighted by Crippen LogP contribution is -2.13. The Morgan fingerprint density at radius 3 is 2.29 bits per heavy atom. The van der Waals surface area contributed by atoms with Gasteiger partial charge >= 0.3 is 5.97 Å². The van der Waals surface area contributed by atoms with Gasteiger partial charge in [0.15, 0.2) is 9.84 Å². The number of sulfone groups is 1. The monoisotopic (exact) mass is 348 g/mol. The van der Waals surface area contributed by atoms with E-state index >= 15 is 0 Å². The van der Waals surface area contributed by atoms with Crippen LogP contribution < -0.4 is 4.74 Å². The Morgan fingerprint density at radius 2 is 1.67 bits per heavy atom. The van der Waals surface area contributed by atoms with Crippen molar-refractivity contribution in [2.45, 2.75) is 18.7 Å². The summed E-state index contributed by atoms with van der Waals surface area (Å²) in [5.41, 5.74) is 2.41. The molecule has 0 fully saturated rings. The van der Waals surface area contributed by atoms with Crippen LogP contribution in [0.3, 0.4) is 0 Å². The van der Waals surface area contributed by atoms with Gasteiger partial charge in [0.1, 0.15) is 19.0 Å². The summed E-state index contributed by atoms with van der Waals surface area (Å²) in [7, 11) is -3.28. The van der Waals surface area contributed by atoms with Gasteiger partial charge in [0.05, 0.1) is 10.5 Å². The largest absolute Gasteiger partial charge is 0.490 e. The van der Waals surface area contributed by atoms with Crippen molar-refractivity contribution in [2.24, 2.45) is 0 Å². The summed E-state index contributed by atoms with van der Waals surface area (Å²) in [6.07, 6.45) is 1.12. The lowest BCUT2D eigenvalue weighted by Gasteiger charge is -2.10. The first kappa shape index (κ1) is 18.0. The number of hydrogen-bond donors (Lipinski definition) is 0. The van der Waals surface area contributed by atoms with E-state index in [1.165, 1.54) is 24.3 Å². The fourth-order valence-electron chi connectivity index (χ4n) is 2.07. The van der Waals surface area contributed by atoms with Crippen molar-refractivity contribution < 1.29 is 22.7 Å². The molecule has 2 aromatic carbocycles. The second-order valence-corrected chi connectivity index (χ2v) is 7.57. The van der Waals surface area contributed by atoms with Crippen molar-refractivity contribution in [2.75, 3.05) is 19.5 Å². The third-order valence-corrected chi connectivity index (χ3v) is 4.56. The third-order valence-electron chi connectivity index (χ3n) is 3.44. The minimum absolute atomic E-state index is 0.111. The predicted molar refractivity (Wildman–Crippen MR) is 91.2 cm³/mol. The maximum atomic E-state index is 11.9. The average molecular weight is 348 g/mol. The Bertz CT molecular complexity index is 823. The van der Waals surface area contributed by atoms with Crippen molar-refractivity contribution >= 4 is 15.8 Å². The molecular weight excluding hydrogens is 328 g/mol. The van der Waals surface area contributed by atoms with Gasteiger partial charge in [-0.1, -0.05) is 12.1 Å². The lowest BCUT2D eigenvalue weighted by molar-refractivity contribution is 0.0450. The molecule has 0 unspecified atom stereocenters. The lowest BCUT2D eigenvalue weighted by atomic mass is 10.1. The topological polar surface area (TPSA) is 69.7 Å². The number of carbonyl (C=O) groups excluding carboxylic acids is 1. The first-order valence-corrected chi connectivity index (χ1v) is 9.34. The molecule has 0 aliphatic heterocycles. The maximum Gasteiger partial charge on any atom is 0.338 e. The highest BCUT2D eigenvalue weighted by atomic mass is 32.2. The Labute approximate surface area is 142 Å². The van der Waals surface area contributed by atoms with Crippen LogP contribution in [0.1, 0.15) is 21.5 Å². The predicted octanol–water partition coefficient (Wildman–Crippen LogP) is 2.94. The summed E-state index contributed by atoms with van der Waals surface area (Å²) in [5, 5.41) is 0. The van der Waals surface area contributed by atoms with Gasteiger partial charge in [0, 0.05) is 6.26 Å². The molecule has 0 aliphatic rings. The molecule has 24 heavy (non-hydrogen) atoms. The average Bonchev–Trinajstić information content (AvgIpc) is 2.53. The van der Waals surface area contributed by atoms with E-state index in [0.717, 1.165) is 23.1 Å². The second-order valence-electron chi connectivity index (χ2n) is 5.55. The molecule has 0 radical (unpaired) electrons. The molecule has 2 rings (SSSR count). The zero-order valence-electron chi connectivity index (χ0n) is 13.9. The smallest absolute Gasteiger partial charge is 0.338 e. The van der Waals surface area contributed by atoms with Crippen LogP contribution in [0.2, 0.25) is 0 Å². The molecular formula is C18H20O5S. The van der Waals surface area contributed by atoms with E-state index in [-0.39, 0.29) is 18.1 Å². The maximum absolute atomic E-state index is 11.9. The van der Waals surface area contributed by atoms with Crippen LogP contribution >= 0.6 is 0 Å². The molecule has 0 saturated heterocycles. The van der Waals surface area contributed by atoms with Crippen LogP contribution in [0.15, 0.2) is 47.4 Å². The van der Waals surface area contributed by atoms with E-state index in [9.17, 15) is 13.2 Å². The number of ether oxygens (including phenoxy) is 2. The zero-order chi connectivity index (χ0) is 17.7. The molecule has 0 aliphatic carbocycles. The molecule has 5 nitrogen and oxygen atoms in total. The normalized spacial score (nSPS) is 11.1. The SMILES string of the molecule is Cc1ccc(C)c(OCCOC(=O)c2ccc(S(C)(=O)=O)cc2)c1. The van der Waals surface area contributed by atoms with Crippen LogP contribution in [0.25, 0.3) is 0 Å². The first-order valence-electron chi connectivity index (χ1n) is 7.44. The van der Waals surface area contributed by atoms with Crippen LogP contribution in [-0.2, 0) is 14.6 Å². The molecule has 0 spiro atoms. The van der Waals surface area contributed by atoms with Crippen molar-refractivity contribution in [1.82, 2.24) is 0 Å². The number of esters is 1. The van der Waals surface area contributed by atoms with Crippen molar-refractivity contribution in [1.29, 1.82) is 0 Å². The molecule has 0 amide bonds. The number of aryl methyl sites for hydroxylation is 2. The van der Waals surface area contributed by atoms with E-state index in [2.05, 4.69) is 0 Å². The highest BCUT2D eigenvalue weighted by molar-refractivity contribution is 7.90. The standard InChI is InChI=1S/C18H20O5S/c1-13-4-5-14(2)17(12-13)22-10-11-23-18(19)15-6-8-16(9-7-15)24(3,20)21/h4-9,12H,10-11H2,1-3H3. The van der Waals surface area contributed by atoms with Crippen LogP contribution in [0.4, 0.5) is 0 Å². The summed E-state index contributed by atoms with van der Waals surface area (Å²) < 4.78 is 33.5.